The molecule has 2 N–H and O–H groups in total. The fourth-order valence-corrected chi connectivity index (χ4v) is 3.02. The van der Waals surface area contributed by atoms with Crippen LogP contribution in [0.2, 0.25) is 0 Å². The third-order valence-corrected chi connectivity index (χ3v) is 4.45. The second-order valence-electron chi connectivity index (χ2n) is 6.74. The Morgan fingerprint density at radius 3 is 2.63 bits per heavy atom. The Kier molecular flexibility index (Phi) is 9.59. The van der Waals surface area contributed by atoms with Crippen LogP contribution in [0.3, 0.4) is 0 Å². The number of benzene rings is 2. The lowest BCUT2D eigenvalue weighted by Crippen LogP contribution is -2.36. The van der Waals surface area contributed by atoms with E-state index in [0.29, 0.717) is 26.2 Å². The first-order valence-corrected chi connectivity index (χ1v) is 9.75. The van der Waals surface area contributed by atoms with Crippen LogP contribution in [0.15, 0.2) is 60.1 Å². The lowest BCUT2D eigenvalue weighted by atomic mass is 10.1. The molecule has 3 rings (SSSR count). The van der Waals surface area contributed by atoms with Crippen molar-refractivity contribution in [2.75, 3.05) is 13.7 Å². The van der Waals surface area contributed by atoms with Crippen molar-refractivity contribution in [3.05, 3.63) is 77.4 Å². The van der Waals surface area contributed by atoms with Crippen molar-refractivity contribution >= 4 is 29.9 Å². The van der Waals surface area contributed by atoms with Gasteiger partial charge in [-0.25, -0.2) is 9.67 Å². The van der Waals surface area contributed by atoms with E-state index in [9.17, 15) is 0 Å². The average Bonchev–Trinajstić information content (AvgIpc) is 3.23. The van der Waals surface area contributed by atoms with Gasteiger partial charge < -0.3 is 15.4 Å². The SMILES string of the molecule is CCOc1cc(C)ccc1CNC(=NC)NCc1cccc(Cn2cncn2)c1.I. The summed E-state index contributed by atoms with van der Waals surface area (Å²) in [6.45, 7) is 6.73. The summed E-state index contributed by atoms with van der Waals surface area (Å²) in [4.78, 5) is 8.31. The predicted octanol–water partition coefficient (Wildman–Crippen LogP) is 3.52. The summed E-state index contributed by atoms with van der Waals surface area (Å²) in [5, 5.41) is 10.9. The highest BCUT2D eigenvalue weighted by Gasteiger charge is 2.06. The number of aryl methyl sites for hydroxylation is 1. The average molecular weight is 520 g/mol. The van der Waals surface area contributed by atoms with Gasteiger partial charge in [-0.3, -0.25) is 4.99 Å². The van der Waals surface area contributed by atoms with Crippen LogP contribution in [-0.4, -0.2) is 34.4 Å². The molecule has 0 aliphatic heterocycles. The van der Waals surface area contributed by atoms with E-state index in [1.54, 1.807) is 19.7 Å². The maximum absolute atomic E-state index is 5.76. The molecule has 0 bridgehead atoms. The molecule has 0 radical (unpaired) electrons. The second-order valence-corrected chi connectivity index (χ2v) is 6.74. The van der Waals surface area contributed by atoms with Crippen LogP contribution in [0.25, 0.3) is 0 Å². The van der Waals surface area contributed by atoms with Crippen LogP contribution in [0, 0.1) is 6.92 Å². The van der Waals surface area contributed by atoms with Crippen molar-refractivity contribution in [2.45, 2.75) is 33.5 Å². The Morgan fingerprint density at radius 2 is 1.90 bits per heavy atom. The molecule has 0 aliphatic carbocycles. The maximum atomic E-state index is 5.76. The normalized spacial score (nSPS) is 11.0. The summed E-state index contributed by atoms with van der Waals surface area (Å²) >= 11 is 0. The molecule has 0 fully saturated rings. The highest BCUT2D eigenvalue weighted by atomic mass is 127. The Balaban J connectivity index is 0.00000320. The fourth-order valence-electron chi connectivity index (χ4n) is 3.02. The number of ether oxygens (including phenoxy) is 1. The summed E-state index contributed by atoms with van der Waals surface area (Å²) in [5.41, 5.74) is 4.65. The predicted molar refractivity (Wildman–Crippen MR) is 130 cm³/mol. The minimum atomic E-state index is 0. The number of hydrogen-bond acceptors (Lipinski definition) is 4. The van der Waals surface area contributed by atoms with Crippen LogP contribution in [0.5, 0.6) is 5.75 Å². The zero-order valence-corrected chi connectivity index (χ0v) is 20.0. The topological polar surface area (TPSA) is 76.4 Å². The zero-order valence-electron chi connectivity index (χ0n) is 17.6. The lowest BCUT2D eigenvalue weighted by Gasteiger charge is -2.15. The van der Waals surface area contributed by atoms with E-state index in [0.717, 1.165) is 17.3 Å². The highest BCUT2D eigenvalue weighted by Crippen LogP contribution is 2.20. The number of halogens is 1. The molecular formula is C22H29IN6O. The van der Waals surface area contributed by atoms with Gasteiger partial charge in [-0.2, -0.15) is 5.10 Å². The van der Waals surface area contributed by atoms with Gasteiger partial charge in [-0.05, 0) is 36.6 Å². The largest absolute Gasteiger partial charge is 0.494 e. The molecule has 160 valence electrons. The number of aliphatic imine (C=N–C) groups is 1. The van der Waals surface area contributed by atoms with E-state index < -0.39 is 0 Å². The monoisotopic (exact) mass is 520 g/mol. The van der Waals surface area contributed by atoms with Gasteiger partial charge in [0.15, 0.2) is 5.96 Å². The molecule has 0 unspecified atom stereocenters. The number of rotatable bonds is 8. The van der Waals surface area contributed by atoms with Crippen LogP contribution >= 0.6 is 24.0 Å². The first-order chi connectivity index (χ1) is 14.2. The van der Waals surface area contributed by atoms with E-state index in [2.05, 4.69) is 75.1 Å². The van der Waals surface area contributed by atoms with Crippen LogP contribution in [0.4, 0.5) is 0 Å². The summed E-state index contributed by atoms with van der Waals surface area (Å²) < 4.78 is 7.57. The second kappa shape index (κ2) is 12.2. The number of guanidine groups is 1. The molecule has 0 spiro atoms. The quantitative estimate of drug-likeness (QED) is 0.270. The third kappa shape index (κ3) is 7.01. The summed E-state index contributed by atoms with van der Waals surface area (Å²) in [6, 6.07) is 14.7. The van der Waals surface area contributed by atoms with Crippen molar-refractivity contribution in [3.63, 3.8) is 0 Å². The van der Waals surface area contributed by atoms with Gasteiger partial charge in [-0.1, -0.05) is 36.4 Å². The Bertz CT molecular complexity index is 943. The van der Waals surface area contributed by atoms with Crippen LogP contribution < -0.4 is 15.4 Å². The third-order valence-electron chi connectivity index (χ3n) is 4.45. The van der Waals surface area contributed by atoms with Gasteiger partial charge in [0.25, 0.3) is 0 Å². The number of hydrogen-bond donors (Lipinski definition) is 2. The number of nitrogens with zero attached hydrogens (tertiary/aromatic N) is 4. The number of nitrogens with one attached hydrogen (secondary N) is 2. The van der Waals surface area contributed by atoms with Gasteiger partial charge >= 0.3 is 0 Å². The smallest absolute Gasteiger partial charge is 0.191 e. The maximum Gasteiger partial charge on any atom is 0.191 e. The van der Waals surface area contributed by atoms with E-state index in [1.807, 2.05) is 11.6 Å². The molecule has 7 nitrogen and oxygen atoms in total. The van der Waals surface area contributed by atoms with Gasteiger partial charge in [0.05, 0.1) is 13.2 Å². The van der Waals surface area contributed by atoms with Gasteiger partial charge in [-0.15, -0.1) is 24.0 Å². The minimum Gasteiger partial charge on any atom is -0.494 e. The summed E-state index contributed by atoms with van der Waals surface area (Å²) in [5.74, 6) is 1.66. The van der Waals surface area contributed by atoms with Crippen molar-refractivity contribution in [1.82, 2.24) is 25.4 Å². The molecule has 2 aromatic carbocycles. The highest BCUT2D eigenvalue weighted by molar-refractivity contribution is 14.0. The molecule has 8 heteroatoms. The van der Waals surface area contributed by atoms with Crippen LogP contribution in [0.1, 0.15) is 29.2 Å². The van der Waals surface area contributed by atoms with Crippen molar-refractivity contribution < 1.29 is 4.74 Å². The molecule has 0 amide bonds. The molecule has 0 atom stereocenters. The lowest BCUT2D eigenvalue weighted by molar-refractivity contribution is 0.336. The van der Waals surface area contributed by atoms with E-state index in [1.165, 1.54) is 16.7 Å². The fraction of sp³-hybridized carbons (Fsp3) is 0.318. The molecule has 3 aromatic rings. The van der Waals surface area contributed by atoms with Crippen molar-refractivity contribution in [1.29, 1.82) is 0 Å². The molecule has 30 heavy (non-hydrogen) atoms. The summed E-state index contributed by atoms with van der Waals surface area (Å²) in [6.07, 6.45) is 3.27. The van der Waals surface area contributed by atoms with Gasteiger partial charge in [0.1, 0.15) is 18.4 Å². The van der Waals surface area contributed by atoms with E-state index in [4.69, 9.17) is 4.74 Å². The zero-order chi connectivity index (χ0) is 20.5. The molecule has 0 saturated carbocycles. The summed E-state index contributed by atoms with van der Waals surface area (Å²) in [7, 11) is 1.77. The van der Waals surface area contributed by atoms with E-state index in [-0.39, 0.29) is 24.0 Å². The standard InChI is InChI=1S/C22H28N6O.HI/c1-4-29-21-10-17(2)8-9-20(21)13-26-22(23-3)25-12-18-6-5-7-19(11-18)14-28-16-24-15-27-28;/h5-11,15-16H,4,12-14H2,1-3H3,(H2,23,25,26);1H. The van der Waals surface area contributed by atoms with Crippen molar-refractivity contribution in [3.8, 4) is 5.75 Å². The Morgan fingerprint density at radius 1 is 1.10 bits per heavy atom. The molecular weight excluding hydrogens is 491 g/mol. The number of aromatic nitrogens is 3. The molecule has 1 aromatic heterocycles. The first-order valence-electron chi connectivity index (χ1n) is 9.75. The van der Waals surface area contributed by atoms with Crippen molar-refractivity contribution in [2.24, 2.45) is 4.99 Å². The molecule has 1 heterocycles. The Labute approximate surface area is 195 Å². The minimum absolute atomic E-state index is 0. The van der Waals surface area contributed by atoms with Gasteiger partial charge in [0, 0.05) is 25.7 Å². The van der Waals surface area contributed by atoms with E-state index >= 15 is 0 Å². The van der Waals surface area contributed by atoms with Gasteiger partial charge in [0.2, 0.25) is 0 Å². The molecule has 0 aliphatic rings. The Hall–Kier alpha value is -2.62. The first kappa shape index (κ1) is 23.7. The van der Waals surface area contributed by atoms with Crippen LogP contribution in [-0.2, 0) is 19.6 Å². The molecule has 0 saturated heterocycles.